The summed E-state index contributed by atoms with van der Waals surface area (Å²) in [5.41, 5.74) is 5.57. The van der Waals surface area contributed by atoms with Gasteiger partial charge in [-0.1, -0.05) is 13.8 Å². The van der Waals surface area contributed by atoms with Crippen LogP contribution in [0.3, 0.4) is 0 Å². The number of rotatable bonds is 9. The molecule has 0 aliphatic rings. The number of ether oxygens (including phenoxy) is 1. The van der Waals surface area contributed by atoms with Crippen molar-refractivity contribution in [1.82, 2.24) is 5.32 Å². The molecule has 0 rings (SSSR count). The number of aliphatic hydroxyl groups is 1. The Hall–Kier alpha value is -0.650. The summed E-state index contributed by atoms with van der Waals surface area (Å²) in [6, 6.07) is 0. The van der Waals surface area contributed by atoms with Crippen molar-refractivity contribution in [3.8, 4) is 0 Å². The van der Waals surface area contributed by atoms with E-state index in [0.29, 0.717) is 32.0 Å². The Kier molecular flexibility index (Phi) is 9.03. The van der Waals surface area contributed by atoms with Gasteiger partial charge in [0.25, 0.3) is 0 Å². The van der Waals surface area contributed by atoms with Gasteiger partial charge in [0.05, 0.1) is 18.6 Å². The highest BCUT2D eigenvalue weighted by molar-refractivity contribution is 5.78. The van der Waals surface area contributed by atoms with Crippen LogP contribution in [-0.2, 0) is 9.53 Å². The summed E-state index contributed by atoms with van der Waals surface area (Å²) in [6.45, 7) is 5.25. The minimum atomic E-state index is -0.526. The molecule has 102 valence electrons. The first-order valence-corrected chi connectivity index (χ1v) is 6.16. The average Bonchev–Trinajstić information content (AvgIpc) is 2.25. The van der Waals surface area contributed by atoms with Crippen LogP contribution in [0.4, 0.5) is 0 Å². The molecule has 0 spiro atoms. The number of carbonyl (C=O) groups is 1. The Morgan fingerprint density at radius 1 is 1.47 bits per heavy atom. The molecule has 0 aromatic carbocycles. The van der Waals surface area contributed by atoms with E-state index in [1.165, 1.54) is 7.11 Å². The normalized spacial score (nSPS) is 14.7. The third-order valence-electron chi connectivity index (χ3n) is 2.55. The van der Waals surface area contributed by atoms with E-state index in [0.717, 1.165) is 6.42 Å². The molecule has 0 saturated carbocycles. The number of aliphatic hydroxyl groups excluding tert-OH is 1. The molecule has 0 aliphatic heterocycles. The molecule has 5 heteroatoms. The van der Waals surface area contributed by atoms with Crippen LogP contribution in [-0.4, -0.2) is 43.9 Å². The van der Waals surface area contributed by atoms with E-state index in [4.69, 9.17) is 10.5 Å². The fourth-order valence-electron chi connectivity index (χ4n) is 1.66. The standard InChI is InChI=1S/C12H26N2O3/c1-9(2)6-10(7-13)12(16)14-5-4-11(15)8-17-3/h9-11,15H,4-8,13H2,1-3H3,(H,14,16). The van der Waals surface area contributed by atoms with Crippen molar-refractivity contribution in [3.63, 3.8) is 0 Å². The van der Waals surface area contributed by atoms with Crippen molar-refractivity contribution in [1.29, 1.82) is 0 Å². The number of hydrogen-bond acceptors (Lipinski definition) is 4. The molecule has 1 amide bonds. The third-order valence-corrected chi connectivity index (χ3v) is 2.55. The van der Waals surface area contributed by atoms with Crippen molar-refractivity contribution in [2.45, 2.75) is 32.8 Å². The third kappa shape index (κ3) is 8.12. The SMILES string of the molecule is COCC(O)CCNC(=O)C(CN)CC(C)C. The molecule has 0 aromatic rings. The van der Waals surface area contributed by atoms with Gasteiger partial charge >= 0.3 is 0 Å². The Balaban J connectivity index is 3.82. The number of nitrogens with two attached hydrogens (primary N) is 1. The molecular weight excluding hydrogens is 220 g/mol. The predicted molar refractivity (Wildman–Crippen MR) is 67.5 cm³/mol. The summed E-state index contributed by atoms with van der Waals surface area (Å²) < 4.78 is 4.80. The first kappa shape index (κ1) is 16.4. The predicted octanol–water partition coefficient (Wildman–Crippen LogP) is 0.121. The number of carbonyl (C=O) groups excluding carboxylic acids is 1. The summed E-state index contributed by atoms with van der Waals surface area (Å²) in [5, 5.41) is 12.2. The lowest BCUT2D eigenvalue weighted by Gasteiger charge is -2.17. The van der Waals surface area contributed by atoms with E-state index in [2.05, 4.69) is 19.2 Å². The van der Waals surface area contributed by atoms with Gasteiger partial charge in [-0.15, -0.1) is 0 Å². The van der Waals surface area contributed by atoms with E-state index in [-0.39, 0.29) is 11.8 Å². The minimum Gasteiger partial charge on any atom is -0.391 e. The van der Waals surface area contributed by atoms with Crippen LogP contribution >= 0.6 is 0 Å². The highest BCUT2D eigenvalue weighted by atomic mass is 16.5. The van der Waals surface area contributed by atoms with Crippen molar-refractivity contribution >= 4 is 5.91 Å². The van der Waals surface area contributed by atoms with Gasteiger partial charge in [0.15, 0.2) is 0 Å². The fraction of sp³-hybridized carbons (Fsp3) is 0.917. The lowest BCUT2D eigenvalue weighted by Crippen LogP contribution is -2.37. The van der Waals surface area contributed by atoms with Crippen LogP contribution in [0.15, 0.2) is 0 Å². The molecule has 0 radical (unpaired) electrons. The zero-order valence-electron chi connectivity index (χ0n) is 11.1. The molecule has 5 nitrogen and oxygen atoms in total. The Morgan fingerprint density at radius 2 is 2.12 bits per heavy atom. The summed E-state index contributed by atoms with van der Waals surface area (Å²) in [6.07, 6.45) is 0.767. The quantitative estimate of drug-likeness (QED) is 0.539. The summed E-state index contributed by atoms with van der Waals surface area (Å²) in [4.78, 5) is 11.7. The molecule has 2 atom stereocenters. The topological polar surface area (TPSA) is 84.6 Å². The summed E-state index contributed by atoms with van der Waals surface area (Å²) in [7, 11) is 1.54. The molecule has 0 heterocycles. The smallest absolute Gasteiger partial charge is 0.224 e. The van der Waals surface area contributed by atoms with Gasteiger partial charge in [-0.3, -0.25) is 4.79 Å². The minimum absolute atomic E-state index is 0.0224. The first-order valence-electron chi connectivity index (χ1n) is 6.16. The van der Waals surface area contributed by atoms with E-state index in [1.807, 2.05) is 0 Å². The van der Waals surface area contributed by atoms with E-state index >= 15 is 0 Å². The number of methoxy groups -OCH3 is 1. The lowest BCUT2D eigenvalue weighted by atomic mass is 9.96. The Morgan fingerprint density at radius 3 is 2.59 bits per heavy atom. The van der Waals surface area contributed by atoms with Crippen LogP contribution in [0.1, 0.15) is 26.7 Å². The monoisotopic (exact) mass is 246 g/mol. The van der Waals surface area contributed by atoms with Crippen molar-refractivity contribution in [2.24, 2.45) is 17.6 Å². The van der Waals surface area contributed by atoms with Gasteiger partial charge in [0, 0.05) is 20.2 Å². The van der Waals surface area contributed by atoms with Crippen LogP contribution in [0, 0.1) is 11.8 Å². The van der Waals surface area contributed by atoms with E-state index in [9.17, 15) is 9.90 Å². The van der Waals surface area contributed by atoms with Crippen LogP contribution in [0.2, 0.25) is 0 Å². The second-order valence-corrected chi connectivity index (χ2v) is 4.75. The van der Waals surface area contributed by atoms with Crippen LogP contribution < -0.4 is 11.1 Å². The number of hydrogen-bond donors (Lipinski definition) is 3. The maximum absolute atomic E-state index is 11.7. The van der Waals surface area contributed by atoms with E-state index < -0.39 is 6.10 Å². The molecule has 0 bridgehead atoms. The van der Waals surface area contributed by atoms with Gasteiger partial charge in [0.2, 0.25) is 5.91 Å². The highest BCUT2D eigenvalue weighted by Gasteiger charge is 2.17. The first-order chi connectivity index (χ1) is 8.01. The zero-order valence-corrected chi connectivity index (χ0v) is 11.1. The second kappa shape index (κ2) is 9.39. The molecule has 17 heavy (non-hydrogen) atoms. The molecule has 0 aliphatic carbocycles. The average molecular weight is 246 g/mol. The molecule has 2 unspecified atom stereocenters. The van der Waals surface area contributed by atoms with Crippen molar-refractivity contribution in [2.75, 3.05) is 26.8 Å². The van der Waals surface area contributed by atoms with E-state index in [1.54, 1.807) is 0 Å². The van der Waals surface area contributed by atoms with Crippen molar-refractivity contribution < 1.29 is 14.6 Å². The maximum Gasteiger partial charge on any atom is 0.224 e. The van der Waals surface area contributed by atoms with Gasteiger partial charge in [0.1, 0.15) is 0 Å². The number of nitrogens with one attached hydrogen (secondary N) is 1. The molecule has 0 fully saturated rings. The molecule has 0 saturated heterocycles. The summed E-state index contributed by atoms with van der Waals surface area (Å²) in [5.74, 6) is 0.300. The molecular formula is C12H26N2O3. The van der Waals surface area contributed by atoms with Crippen molar-refractivity contribution in [3.05, 3.63) is 0 Å². The van der Waals surface area contributed by atoms with Crippen LogP contribution in [0.25, 0.3) is 0 Å². The number of amides is 1. The summed E-state index contributed by atoms with van der Waals surface area (Å²) >= 11 is 0. The largest absolute Gasteiger partial charge is 0.391 e. The molecule has 0 aromatic heterocycles. The van der Waals surface area contributed by atoms with Gasteiger partial charge in [-0.05, 0) is 18.8 Å². The maximum atomic E-state index is 11.7. The fourth-order valence-corrected chi connectivity index (χ4v) is 1.66. The lowest BCUT2D eigenvalue weighted by molar-refractivity contribution is -0.125. The second-order valence-electron chi connectivity index (χ2n) is 4.75. The highest BCUT2D eigenvalue weighted by Crippen LogP contribution is 2.10. The Labute approximate surface area is 104 Å². The van der Waals surface area contributed by atoms with Gasteiger partial charge in [-0.2, -0.15) is 0 Å². The Bertz CT molecular complexity index is 210. The molecule has 4 N–H and O–H groups in total. The van der Waals surface area contributed by atoms with Crippen LogP contribution in [0.5, 0.6) is 0 Å². The van der Waals surface area contributed by atoms with Gasteiger partial charge in [-0.25, -0.2) is 0 Å². The van der Waals surface area contributed by atoms with Gasteiger partial charge < -0.3 is 20.9 Å². The zero-order chi connectivity index (χ0) is 13.3.